The number of hydrogen-bond donors (Lipinski definition) is 1. The fraction of sp³-hybridized carbons (Fsp3) is 0.538. The number of amides is 1. The van der Waals surface area contributed by atoms with E-state index in [0.29, 0.717) is 18.0 Å². The van der Waals surface area contributed by atoms with E-state index in [1.165, 1.54) is 10.6 Å². The zero-order chi connectivity index (χ0) is 13.3. The lowest BCUT2D eigenvalue weighted by Crippen LogP contribution is -2.42. The first kappa shape index (κ1) is 12.8. The van der Waals surface area contributed by atoms with Gasteiger partial charge in [0.15, 0.2) is 0 Å². The molecule has 1 aromatic rings. The van der Waals surface area contributed by atoms with Crippen LogP contribution in [0.4, 0.5) is 0 Å². The van der Waals surface area contributed by atoms with Gasteiger partial charge in [-0.3, -0.25) is 9.59 Å². The van der Waals surface area contributed by atoms with Crippen LogP contribution in [-0.4, -0.2) is 34.5 Å². The molecule has 1 aliphatic heterocycles. The normalized spacial score (nSPS) is 23.4. The molecule has 1 saturated heterocycles. The zero-order valence-electron chi connectivity index (χ0n) is 10.8. The molecule has 0 aliphatic carbocycles. The second kappa shape index (κ2) is 4.94. The smallest absolute Gasteiger partial charge is 0.254 e. The molecule has 98 valence electrons. The molecule has 0 aromatic carbocycles. The van der Waals surface area contributed by atoms with Crippen molar-refractivity contribution in [3.63, 3.8) is 0 Å². The molecule has 0 saturated carbocycles. The summed E-state index contributed by atoms with van der Waals surface area (Å²) in [7, 11) is 1.66. The third kappa shape index (κ3) is 2.18. The van der Waals surface area contributed by atoms with E-state index in [1.54, 1.807) is 24.2 Å². The van der Waals surface area contributed by atoms with Gasteiger partial charge in [-0.15, -0.1) is 0 Å². The lowest BCUT2D eigenvalue weighted by atomic mass is 10.0. The molecule has 18 heavy (non-hydrogen) atoms. The first-order valence-corrected chi connectivity index (χ1v) is 6.22. The molecule has 0 spiro atoms. The van der Waals surface area contributed by atoms with E-state index in [9.17, 15) is 9.59 Å². The number of pyridine rings is 1. The SMILES string of the molecule is CC1CCN(C(=O)c2ccn(C)c(=O)c2)C1CN. The zero-order valence-corrected chi connectivity index (χ0v) is 10.8. The minimum absolute atomic E-state index is 0.0848. The van der Waals surface area contributed by atoms with Gasteiger partial charge in [0.2, 0.25) is 0 Å². The van der Waals surface area contributed by atoms with Gasteiger partial charge in [0.1, 0.15) is 0 Å². The Balaban J connectivity index is 2.26. The highest BCUT2D eigenvalue weighted by atomic mass is 16.2. The van der Waals surface area contributed by atoms with Gasteiger partial charge in [-0.25, -0.2) is 0 Å². The van der Waals surface area contributed by atoms with Gasteiger partial charge in [-0.05, 0) is 18.4 Å². The third-order valence-corrected chi connectivity index (χ3v) is 3.74. The van der Waals surface area contributed by atoms with Gasteiger partial charge < -0.3 is 15.2 Å². The second-order valence-corrected chi connectivity index (χ2v) is 4.93. The fourth-order valence-corrected chi connectivity index (χ4v) is 2.47. The van der Waals surface area contributed by atoms with Crippen LogP contribution >= 0.6 is 0 Å². The highest BCUT2D eigenvalue weighted by molar-refractivity contribution is 5.94. The van der Waals surface area contributed by atoms with Crippen molar-refractivity contribution in [1.29, 1.82) is 0 Å². The summed E-state index contributed by atoms with van der Waals surface area (Å²) in [5.41, 5.74) is 6.01. The fourth-order valence-electron chi connectivity index (χ4n) is 2.47. The van der Waals surface area contributed by atoms with Gasteiger partial charge in [0.05, 0.1) is 0 Å². The van der Waals surface area contributed by atoms with Crippen molar-refractivity contribution >= 4 is 5.91 Å². The van der Waals surface area contributed by atoms with Crippen LogP contribution < -0.4 is 11.3 Å². The van der Waals surface area contributed by atoms with E-state index < -0.39 is 0 Å². The Kier molecular flexibility index (Phi) is 3.52. The predicted molar refractivity (Wildman–Crippen MR) is 69.3 cm³/mol. The number of rotatable bonds is 2. The number of likely N-dealkylation sites (tertiary alicyclic amines) is 1. The number of nitrogens with two attached hydrogens (primary N) is 1. The van der Waals surface area contributed by atoms with Crippen LogP contribution in [0.15, 0.2) is 23.1 Å². The van der Waals surface area contributed by atoms with Crippen molar-refractivity contribution in [2.24, 2.45) is 18.7 Å². The minimum Gasteiger partial charge on any atom is -0.334 e. The molecule has 1 aromatic heterocycles. The van der Waals surface area contributed by atoms with Gasteiger partial charge in [0.25, 0.3) is 11.5 Å². The molecular weight excluding hydrogens is 230 g/mol. The topological polar surface area (TPSA) is 68.3 Å². The van der Waals surface area contributed by atoms with Gasteiger partial charge in [-0.1, -0.05) is 6.92 Å². The molecule has 5 nitrogen and oxygen atoms in total. The average molecular weight is 249 g/mol. The Labute approximate surface area is 106 Å². The molecule has 1 fully saturated rings. The number of aromatic nitrogens is 1. The van der Waals surface area contributed by atoms with E-state index in [-0.39, 0.29) is 17.5 Å². The molecule has 2 heterocycles. The minimum atomic E-state index is -0.169. The van der Waals surface area contributed by atoms with Crippen molar-refractivity contribution in [3.8, 4) is 0 Å². The first-order valence-electron chi connectivity index (χ1n) is 6.22. The summed E-state index contributed by atoms with van der Waals surface area (Å²) in [6.07, 6.45) is 2.59. The third-order valence-electron chi connectivity index (χ3n) is 3.74. The van der Waals surface area contributed by atoms with Gasteiger partial charge in [-0.2, -0.15) is 0 Å². The maximum Gasteiger partial charge on any atom is 0.254 e. The van der Waals surface area contributed by atoms with E-state index >= 15 is 0 Å². The molecule has 5 heteroatoms. The van der Waals surface area contributed by atoms with E-state index in [2.05, 4.69) is 6.92 Å². The molecular formula is C13H19N3O2. The van der Waals surface area contributed by atoms with E-state index in [4.69, 9.17) is 5.73 Å². The Morgan fingerprint density at radius 3 is 2.89 bits per heavy atom. The van der Waals surface area contributed by atoms with Crippen LogP contribution in [0.2, 0.25) is 0 Å². The summed E-state index contributed by atoms with van der Waals surface area (Å²) in [4.78, 5) is 25.7. The molecule has 2 atom stereocenters. The summed E-state index contributed by atoms with van der Waals surface area (Å²) in [6.45, 7) is 3.30. The van der Waals surface area contributed by atoms with Crippen LogP contribution in [-0.2, 0) is 7.05 Å². The van der Waals surface area contributed by atoms with E-state index in [1.807, 2.05) is 0 Å². The molecule has 1 aliphatic rings. The second-order valence-electron chi connectivity index (χ2n) is 4.93. The molecule has 2 rings (SSSR count). The Morgan fingerprint density at radius 2 is 2.28 bits per heavy atom. The summed E-state index contributed by atoms with van der Waals surface area (Å²) in [6, 6.07) is 3.15. The largest absolute Gasteiger partial charge is 0.334 e. The van der Waals surface area contributed by atoms with Crippen molar-refractivity contribution in [3.05, 3.63) is 34.2 Å². The number of nitrogens with zero attached hydrogens (tertiary/aromatic N) is 2. The molecule has 1 amide bonds. The number of aryl methyl sites for hydroxylation is 1. The highest BCUT2D eigenvalue weighted by Gasteiger charge is 2.33. The van der Waals surface area contributed by atoms with Crippen molar-refractivity contribution in [2.45, 2.75) is 19.4 Å². The van der Waals surface area contributed by atoms with Crippen LogP contribution in [0.25, 0.3) is 0 Å². The van der Waals surface area contributed by atoms with Crippen LogP contribution in [0.5, 0.6) is 0 Å². The monoisotopic (exact) mass is 249 g/mol. The Bertz CT molecular complexity index is 509. The quantitative estimate of drug-likeness (QED) is 0.813. The summed E-state index contributed by atoms with van der Waals surface area (Å²) in [5, 5.41) is 0. The van der Waals surface area contributed by atoms with Crippen LogP contribution in [0, 0.1) is 5.92 Å². The van der Waals surface area contributed by atoms with Gasteiger partial charge >= 0.3 is 0 Å². The summed E-state index contributed by atoms with van der Waals surface area (Å²) >= 11 is 0. The molecule has 2 unspecified atom stereocenters. The Hall–Kier alpha value is -1.62. The molecule has 0 radical (unpaired) electrons. The van der Waals surface area contributed by atoms with Crippen molar-refractivity contribution in [1.82, 2.24) is 9.47 Å². The number of hydrogen-bond acceptors (Lipinski definition) is 3. The first-order chi connectivity index (χ1) is 8.54. The van der Waals surface area contributed by atoms with E-state index in [0.717, 1.165) is 13.0 Å². The lowest BCUT2D eigenvalue weighted by Gasteiger charge is -2.25. The lowest BCUT2D eigenvalue weighted by molar-refractivity contribution is 0.0727. The predicted octanol–water partition coefficient (Wildman–Crippen LogP) is 0.195. The van der Waals surface area contributed by atoms with Gasteiger partial charge in [0, 0.05) is 44.0 Å². The van der Waals surface area contributed by atoms with Crippen LogP contribution in [0.1, 0.15) is 23.7 Å². The maximum atomic E-state index is 12.3. The Morgan fingerprint density at radius 1 is 1.56 bits per heavy atom. The number of carbonyl (C=O) groups excluding carboxylic acids is 1. The average Bonchev–Trinajstić information content (AvgIpc) is 2.73. The van der Waals surface area contributed by atoms with Crippen LogP contribution in [0.3, 0.4) is 0 Å². The standard InChI is InChI=1S/C13H19N3O2/c1-9-3-6-16(11(9)8-14)13(18)10-4-5-15(2)12(17)7-10/h4-5,7,9,11H,3,6,8,14H2,1-2H3. The van der Waals surface area contributed by atoms with Crippen molar-refractivity contribution in [2.75, 3.05) is 13.1 Å². The summed E-state index contributed by atoms with van der Waals surface area (Å²) in [5.74, 6) is 0.331. The van der Waals surface area contributed by atoms with Crippen molar-refractivity contribution < 1.29 is 4.79 Å². The maximum absolute atomic E-state index is 12.3. The molecule has 0 bridgehead atoms. The highest BCUT2D eigenvalue weighted by Crippen LogP contribution is 2.24. The number of carbonyl (C=O) groups is 1. The molecule has 2 N–H and O–H groups in total. The summed E-state index contributed by atoms with van der Waals surface area (Å²) < 4.78 is 1.45.